The molecule has 0 amide bonds. The van der Waals surface area contributed by atoms with Crippen molar-refractivity contribution >= 4 is 12.4 Å². The minimum atomic E-state index is -0.329. The van der Waals surface area contributed by atoms with E-state index in [9.17, 15) is 4.39 Å². The molecule has 0 spiro atoms. The summed E-state index contributed by atoms with van der Waals surface area (Å²) in [6.45, 7) is 3.38. The first-order chi connectivity index (χ1) is 10.4. The Morgan fingerprint density at radius 2 is 1.50 bits per heavy atom. The topological polar surface area (TPSA) is 15.3 Å². The highest BCUT2D eigenvalue weighted by atomic mass is 35.5. The number of hydrogen-bond donors (Lipinski definition) is 1. The van der Waals surface area contributed by atoms with Gasteiger partial charge in [-0.05, 0) is 16.7 Å². The van der Waals surface area contributed by atoms with E-state index in [0.717, 1.165) is 31.7 Å². The van der Waals surface area contributed by atoms with E-state index in [0.29, 0.717) is 0 Å². The molecular formula is C18H22ClFN2. The van der Waals surface area contributed by atoms with Crippen molar-refractivity contribution in [2.24, 2.45) is 0 Å². The fourth-order valence-electron chi connectivity index (χ4n) is 2.92. The van der Waals surface area contributed by atoms with Crippen LogP contribution in [0.1, 0.15) is 11.6 Å². The first-order valence-electron chi connectivity index (χ1n) is 7.54. The van der Waals surface area contributed by atoms with Crippen molar-refractivity contribution in [3.63, 3.8) is 0 Å². The quantitative estimate of drug-likeness (QED) is 0.924. The minimum absolute atomic E-state index is 0. The van der Waals surface area contributed by atoms with E-state index in [1.807, 2.05) is 18.2 Å². The second kappa shape index (κ2) is 8.28. The maximum absolute atomic E-state index is 13.5. The van der Waals surface area contributed by atoms with Crippen LogP contribution in [0.25, 0.3) is 11.1 Å². The second-order valence-corrected chi connectivity index (χ2v) is 5.44. The maximum Gasteiger partial charge on any atom is 0.109 e. The predicted octanol–water partition coefficient (Wildman–Crippen LogP) is 3.69. The highest BCUT2D eigenvalue weighted by Crippen LogP contribution is 2.25. The Morgan fingerprint density at radius 1 is 0.909 bits per heavy atom. The highest BCUT2D eigenvalue weighted by molar-refractivity contribution is 5.85. The highest BCUT2D eigenvalue weighted by Gasteiger charge is 2.21. The normalized spacial score (nSPS) is 16.8. The maximum atomic E-state index is 13.5. The van der Waals surface area contributed by atoms with Crippen LogP contribution in [-0.2, 0) is 0 Å². The van der Waals surface area contributed by atoms with Gasteiger partial charge in [0.05, 0.1) is 6.04 Å². The number of rotatable bonds is 4. The lowest BCUT2D eigenvalue weighted by atomic mass is 10.00. The van der Waals surface area contributed by atoms with Crippen LogP contribution in [0.15, 0.2) is 54.6 Å². The Hall–Kier alpha value is -1.42. The summed E-state index contributed by atoms with van der Waals surface area (Å²) in [6.07, 6.45) is 0. The summed E-state index contributed by atoms with van der Waals surface area (Å²) < 4.78 is 13.5. The Morgan fingerprint density at radius 3 is 2.09 bits per heavy atom. The standard InChI is InChI=1S/C18H21FN2.ClH/c19-14-18(21-12-10-20-11-13-21)17-8-6-16(7-9-17)15-4-2-1-3-5-15;/h1-9,18,20H,10-14H2;1H/t18-;/m1./s1. The molecule has 3 rings (SSSR count). The van der Waals surface area contributed by atoms with Gasteiger partial charge in [-0.25, -0.2) is 4.39 Å². The van der Waals surface area contributed by atoms with Gasteiger partial charge in [-0.15, -0.1) is 12.4 Å². The molecule has 1 N–H and O–H groups in total. The average molecular weight is 321 g/mol. The zero-order valence-electron chi connectivity index (χ0n) is 12.5. The molecule has 1 aliphatic rings. The van der Waals surface area contributed by atoms with Gasteiger partial charge in [0, 0.05) is 26.2 Å². The lowest BCUT2D eigenvalue weighted by Gasteiger charge is -2.33. The monoisotopic (exact) mass is 320 g/mol. The molecule has 0 radical (unpaired) electrons. The number of nitrogens with zero attached hydrogens (tertiary/aromatic N) is 1. The Labute approximate surface area is 137 Å². The molecule has 0 saturated carbocycles. The van der Waals surface area contributed by atoms with Crippen molar-refractivity contribution < 1.29 is 4.39 Å². The number of hydrogen-bond acceptors (Lipinski definition) is 2. The van der Waals surface area contributed by atoms with Gasteiger partial charge in [-0.3, -0.25) is 4.90 Å². The van der Waals surface area contributed by atoms with E-state index in [1.165, 1.54) is 11.1 Å². The van der Waals surface area contributed by atoms with E-state index in [2.05, 4.69) is 46.6 Å². The average Bonchev–Trinajstić information content (AvgIpc) is 2.58. The molecule has 2 aromatic rings. The van der Waals surface area contributed by atoms with Gasteiger partial charge in [-0.2, -0.15) is 0 Å². The van der Waals surface area contributed by atoms with E-state index >= 15 is 0 Å². The van der Waals surface area contributed by atoms with E-state index in [1.54, 1.807) is 0 Å². The molecule has 2 aromatic carbocycles. The number of piperazine rings is 1. The van der Waals surface area contributed by atoms with Crippen LogP contribution in [0.2, 0.25) is 0 Å². The number of halogens is 2. The number of nitrogens with one attached hydrogen (secondary N) is 1. The smallest absolute Gasteiger partial charge is 0.109 e. The molecule has 1 heterocycles. The van der Waals surface area contributed by atoms with Crippen molar-refractivity contribution in [2.45, 2.75) is 6.04 Å². The Balaban J connectivity index is 0.00000176. The van der Waals surface area contributed by atoms with Crippen LogP contribution < -0.4 is 5.32 Å². The van der Waals surface area contributed by atoms with E-state index in [-0.39, 0.29) is 25.1 Å². The molecule has 1 fully saturated rings. The van der Waals surface area contributed by atoms with Crippen LogP contribution in [0.3, 0.4) is 0 Å². The molecule has 22 heavy (non-hydrogen) atoms. The summed E-state index contributed by atoms with van der Waals surface area (Å²) in [5.74, 6) is 0. The third-order valence-electron chi connectivity index (χ3n) is 4.14. The van der Waals surface area contributed by atoms with Crippen LogP contribution in [0, 0.1) is 0 Å². The van der Waals surface area contributed by atoms with Crippen molar-refractivity contribution in [1.29, 1.82) is 0 Å². The summed E-state index contributed by atoms with van der Waals surface area (Å²) in [5.41, 5.74) is 3.44. The van der Waals surface area contributed by atoms with Crippen molar-refractivity contribution in [3.05, 3.63) is 60.2 Å². The molecule has 1 atom stereocenters. The molecule has 118 valence electrons. The van der Waals surface area contributed by atoms with Gasteiger partial charge in [0.15, 0.2) is 0 Å². The predicted molar refractivity (Wildman–Crippen MR) is 92.3 cm³/mol. The Kier molecular flexibility index (Phi) is 6.37. The van der Waals surface area contributed by atoms with Crippen LogP contribution in [0.5, 0.6) is 0 Å². The molecule has 0 unspecified atom stereocenters. The van der Waals surface area contributed by atoms with E-state index < -0.39 is 0 Å². The molecule has 4 heteroatoms. The third kappa shape index (κ3) is 3.86. The summed E-state index contributed by atoms with van der Waals surface area (Å²) in [5, 5.41) is 3.31. The third-order valence-corrected chi connectivity index (χ3v) is 4.14. The van der Waals surface area contributed by atoms with Gasteiger partial charge in [0.25, 0.3) is 0 Å². The summed E-state index contributed by atoms with van der Waals surface area (Å²) in [4.78, 5) is 2.23. The molecular weight excluding hydrogens is 299 g/mol. The summed E-state index contributed by atoms with van der Waals surface area (Å²) >= 11 is 0. The zero-order valence-corrected chi connectivity index (χ0v) is 13.4. The SMILES string of the molecule is Cl.FC[C@H](c1ccc(-c2ccccc2)cc1)N1CCNCC1. The lowest BCUT2D eigenvalue weighted by molar-refractivity contribution is 0.147. The van der Waals surface area contributed by atoms with Gasteiger partial charge in [0.1, 0.15) is 6.67 Å². The number of benzene rings is 2. The van der Waals surface area contributed by atoms with Gasteiger partial charge in [0.2, 0.25) is 0 Å². The first-order valence-corrected chi connectivity index (χ1v) is 7.54. The minimum Gasteiger partial charge on any atom is -0.314 e. The van der Waals surface area contributed by atoms with Gasteiger partial charge < -0.3 is 5.32 Å². The fraction of sp³-hybridized carbons (Fsp3) is 0.333. The summed E-state index contributed by atoms with van der Waals surface area (Å²) in [7, 11) is 0. The largest absolute Gasteiger partial charge is 0.314 e. The number of alkyl halides is 1. The molecule has 0 aromatic heterocycles. The van der Waals surface area contributed by atoms with E-state index in [4.69, 9.17) is 0 Å². The van der Waals surface area contributed by atoms with Crippen molar-refractivity contribution in [1.82, 2.24) is 10.2 Å². The van der Waals surface area contributed by atoms with Gasteiger partial charge >= 0.3 is 0 Å². The molecule has 0 bridgehead atoms. The van der Waals surface area contributed by atoms with Crippen molar-refractivity contribution in [3.8, 4) is 11.1 Å². The molecule has 0 aliphatic carbocycles. The van der Waals surface area contributed by atoms with Crippen LogP contribution in [-0.4, -0.2) is 37.8 Å². The van der Waals surface area contributed by atoms with Crippen LogP contribution >= 0.6 is 12.4 Å². The lowest BCUT2D eigenvalue weighted by Crippen LogP contribution is -2.45. The zero-order chi connectivity index (χ0) is 14.5. The first kappa shape index (κ1) is 16.9. The Bertz CT molecular complexity index is 553. The summed E-state index contributed by atoms with van der Waals surface area (Å²) in [6, 6.07) is 18.5. The fourth-order valence-corrected chi connectivity index (χ4v) is 2.92. The second-order valence-electron chi connectivity index (χ2n) is 5.44. The molecule has 1 saturated heterocycles. The molecule has 1 aliphatic heterocycles. The van der Waals surface area contributed by atoms with Gasteiger partial charge in [-0.1, -0.05) is 54.6 Å². The van der Waals surface area contributed by atoms with Crippen molar-refractivity contribution in [2.75, 3.05) is 32.9 Å². The molecule has 2 nitrogen and oxygen atoms in total. The van der Waals surface area contributed by atoms with Crippen LogP contribution in [0.4, 0.5) is 4.39 Å².